The van der Waals surface area contributed by atoms with Crippen molar-refractivity contribution >= 4 is 28.7 Å². The van der Waals surface area contributed by atoms with Crippen molar-refractivity contribution < 1.29 is 14.3 Å². The van der Waals surface area contributed by atoms with Gasteiger partial charge in [0.05, 0.1) is 11.0 Å². The summed E-state index contributed by atoms with van der Waals surface area (Å²) >= 11 is 0. The number of ether oxygens (including phenoxy) is 1. The Morgan fingerprint density at radius 3 is 2.22 bits per heavy atom. The van der Waals surface area contributed by atoms with Crippen molar-refractivity contribution in [2.75, 3.05) is 5.32 Å². The second-order valence-corrected chi connectivity index (χ2v) is 7.28. The molecule has 0 aliphatic carbocycles. The molecule has 3 aromatic carbocycles. The summed E-state index contributed by atoms with van der Waals surface area (Å²) in [6, 6.07) is 22.8. The summed E-state index contributed by atoms with van der Waals surface area (Å²) in [5, 5.41) is 5.46. The molecule has 1 atom stereocenters. The van der Waals surface area contributed by atoms with Crippen LogP contribution in [-0.2, 0) is 22.6 Å². The number of alkyl carbamates (subject to hydrolysis) is 1. The number of nitrogens with one attached hydrogen (secondary N) is 4. The number of aromatic amines is 2. The van der Waals surface area contributed by atoms with Gasteiger partial charge in [-0.1, -0.05) is 60.7 Å². The normalized spacial score (nSPS) is 11.6. The average Bonchev–Trinajstić information content (AvgIpc) is 3.18. The third kappa shape index (κ3) is 5.42. The maximum Gasteiger partial charge on any atom is 0.408 e. The van der Waals surface area contributed by atoms with Gasteiger partial charge in [-0.05, 0) is 29.3 Å². The van der Waals surface area contributed by atoms with E-state index in [1.54, 1.807) is 18.2 Å². The van der Waals surface area contributed by atoms with Crippen molar-refractivity contribution in [1.82, 2.24) is 15.3 Å². The molecule has 32 heavy (non-hydrogen) atoms. The largest absolute Gasteiger partial charge is 0.445 e. The summed E-state index contributed by atoms with van der Waals surface area (Å²) in [7, 11) is 0. The molecular formula is C24H22N4O4. The van der Waals surface area contributed by atoms with Crippen LogP contribution in [0.5, 0.6) is 0 Å². The molecular weight excluding hydrogens is 408 g/mol. The van der Waals surface area contributed by atoms with Crippen LogP contribution in [-0.4, -0.2) is 28.0 Å². The maximum atomic E-state index is 13.0. The van der Waals surface area contributed by atoms with Crippen molar-refractivity contribution in [3.05, 3.63) is 100 Å². The van der Waals surface area contributed by atoms with Gasteiger partial charge in [0.2, 0.25) is 5.91 Å². The van der Waals surface area contributed by atoms with Gasteiger partial charge in [0.25, 0.3) is 0 Å². The van der Waals surface area contributed by atoms with Crippen molar-refractivity contribution in [3.63, 3.8) is 0 Å². The second kappa shape index (κ2) is 9.65. The Kier molecular flexibility index (Phi) is 6.31. The number of fused-ring (bicyclic) bond motifs is 1. The van der Waals surface area contributed by atoms with Crippen LogP contribution in [0, 0.1) is 0 Å². The molecule has 0 aliphatic heterocycles. The molecule has 0 saturated carbocycles. The lowest BCUT2D eigenvalue weighted by molar-refractivity contribution is -0.118. The summed E-state index contributed by atoms with van der Waals surface area (Å²) in [4.78, 5) is 42.2. The summed E-state index contributed by atoms with van der Waals surface area (Å²) < 4.78 is 5.28. The first-order valence-electron chi connectivity index (χ1n) is 10.1. The van der Waals surface area contributed by atoms with Gasteiger partial charge in [-0.25, -0.2) is 9.59 Å². The van der Waals surface area contributed by atoms with Gasteiger partial charge in [-0.2, -0.15) is 0 Å². The van der Waals surface area contributed by atoms with Gasteiger partial charge in [0.1, 0.15) is 12.6 Å². The third-order valence-electron chi connectivity index (χ3n) is 4.89. The summed E-state index contributed by atoms with van der Waals surface area (Å²) in [5.41, 5.74) is 3.12. The van der Waals surface area contributed by atoms with Gasteiger partial charge in [0.15, 0.2) is 0 Å². The third-order valence-corrected chi connectivity index (χ3v) is 4.89. The first-order valence-corrected chi connectivity index (χ1v) is 10.1. The topological polar surface area (TPSA) is 116 Å². The molecule has 0 aliphatic rings. The molecule has 4 aromatic rings. The summed E-state index contributed by atoms with van der Waals surface area (Å²) in [5.74, 6) is -0.400. The highest BCUT2D eigenvalue weighted by Crippen LogP contribution is 2.15. The first-order chi connectivity index (χ1) is 15.6. The zero-order chi connectivity index (χ0) is 22.3. The van der Waals surface area contributed by atoms with Gasteiger partial charge < -0.3 is 25.3 Å². The zero-order valence-corrected chi connectivity index (χ0v) is 17.1. The van der Waals surface area contributed by atoms with E-state index in [1.165, 1.54) is 0 Å². The molecule has 1 heterocycles. The van der Waals surface area contributed by atoms with Crippen LogP contribution in [0.15, 0.2) is 83.7 Å². The minimum absolute atomic E-state index is 0.101. The second-order valence-electron chi connectivity index (χ2n) is 7.28. The molecule has 2 amide bonds. The van der Waals surface area contributed by atoms with Crippen molar-refractivity contribution in [1.29, 1.82) is 0 Å². The van der Waals surface area contributed by atoms with E-state index >= 15 is 0 Å². The van der Waals surface area contributed by atoms with Crippen molar-refractivity contribution in [3.8, 4) is 0 Å². The van der Waals surface area contributed by atoms with Crippen LogP contribution in [0.4, 0.5) is 10.5 Å². The predicted octanol–water partition coefficient (Wildman–Crippen LogP) is 3.33. The molecule has 0 bridgehead atoms. The molecule has 0 fully saturated rings. The molecule has 8 heteroatoms. The molecule has 4 rings (SSSR count). The maximum absolute atomic E-state index is 13.0. The SMILES string of the molecule is O=C(NC(Cc1ccccc1)C(=O)Nc1ccc2[nH]c(=O)[nH]c2c1)OCc1ccccc1. The van der Waals surface area contributed by atoms with E-state index in [9.17, 15) is 14.4 Å². The van der Waals surface area contributed by atoms with E-state index in [2.05, 4.69) is 20.6 Å². The van der Waals surface area contributed by atoms with Gasteiger partial charge in [-0.3, -0.25) is 4.79 Å². The molecule has 0 radical (unpaired) electrons. The Morgan fingerprint density at radius 1 is 0.844 bits per heavy atom. The number of anilines is 1. The number of imidazole rings is 1. The van der Waals surface area contributed by atoms with Crippen LogP contribution >= 0.6 is 0 Å². The number of amides is 2. The molecule has 1 unspecified atom stereocenters. The fraction of sp³-hybridized carbons (Fsp3) is 0.125. The minimum atomic E-state index is -0.860. The number of aromatic nitrogens is 2. The summed E-state index contributed by atoms with van der Waals surface area (Å²) in [6.07, 6.45) is -0.397. The smallest absolute Gasteiger partial charge is 0.408 e. The van der Waals surface area contributed by atoms with E-state index < -0.39 is 18.0 Å². The Hall–Kier alpha value is -4.33. The molecule has 162 valence electrons. The number of hydrogen-bond acceptors (Lipinski definition) is 4. The zero-order valence-electron chi connectivity index (χ0n) is 17.1. The van der Waals surface area contributed by atoms with Crippen LogP contribution in [0.25, 0.3) is 11.0 Å². The predicted molar refractivity (Wildman–Crippen MR) is 121 cm³/mol. The quantitative estimate of drug-likeness (QED) is 0.360. The Labute approximate surface area is 183 Å². The van der Waals surface area contributed by atoms with Gasteiger partial charge >= 0.3 is 11.8 Å². The molecule has 0 saturated heterocycles. The van der Waals surface area contributed by atoms with Crippen LogP contribution < -0.4 is 16.3 Å². The average molecular weight is 430 g/mol. The fourth-order valence-corrected chi connectivity index (χ4v) is 3.31. The highest BCUT2D eigenvalue weighted by molar-refractivity contribution is 5.98. The van der Waals surface area contributed by atoms with Crippen molar-refractivity contribution in [2.24, 2.45) is 0 Å². The highest BCUT2D eigenvalue weighted by Gasteiger charge is 2.22. The van der Waals surface area contributed by atoms with Gasteiger partial charge in [-0.15, -0.1) is 0 Å². The number of carbonyl (C=O) groups is 2. The number of rotatable bonds is 7. The minimum Gasteiger partial charge on any atom is -0.445 e. The first kappa shape index (κ1) is 20.9. The lowest BCUT2D eigenvalue weighted by Gasteiger charge is -2.18. The van der Waals surface area contributed by atoms with E-state index in [1.807, 2.05) is 60.7 Å². The van der Waals surface area contributed by atoms with Crippen LogP contribution in [0.1, 0.15) is 11.1 Å². The van der Waals surface area contributed by atoms with Crippen LogP contribution in [0.3, 0.4) is 0 Å². The van der Waals surface area contributed by atoms with E-state index in [4.69, 9.17) is 4.74 Å². The van der Waals surface area contributed by atoms with E-state index in [-0.39, 0.29) is 18.7 Å². The highest BCUT2D eigenvalue weighted by atomic mass is 16.5. The molecule has 0 spiro atoms. The Bertz CT molecular complexity index is 1270. The molecule has 8 nitrogen and oxygen atoms in total. The van der Waals surface area contributed by atoms with E-state index in [0.29, 0.717) is 16.7 Å². The number of H-pyrrole nitrogens is 2. The molecule has 1 aromatic heterocycles. The summed E-state index contributed by atoms with van der Waals surface area (Å²) in [6.45, 7) is 0.101. The van der Waals surface area contributed by atoms with Crippen molar-refractivity contribution in [2.45, 2.75) is 19.1 Å². The lowest BCUT2D eigenvalue weighted by Crippen LogP contribution is -2.45. The Balaban J connectivity index is 1.46. The number of benzene rings is 3. The number of hydrogen-bond donors (Lipinski definition) is 4. The van der Waals surface area contributed by atoms with Crippen LogP contribution in [0.2, 0.25) is 0 Å². The fourth-order valence-electron chi connectivity index (χ4n) is 3.31. The van der Waals surface area contributed by atoms with Gasteiger partial charge in [0, 0.05) is 12.1 Å². The molecule has 4 N–H and O–H groups in total. The lowest BCUT2D eigenvalue weighted by atomic mass is 10.1. The Morgan fingerprint density at radius 2 is 1.50 bits per heavy atom. The standard InChI is InChI=1S/C24H22N4O4/c29-22(25-18-11-12-19-20(14-18)27-23(30)26-19)21(13-16-7-3-1-4-8-16)28-24(31)32-15-17-9-5-2-6-10-17/h1-12,14,21H,13,15H2,(H,25,29)(H,28,31)(H2,26,27,30). The van der Waals surface area contributed by atoms with E-state index in [0.717, 1.165) is 11.1 Å². The monoisotopic (exact) mass is 430 g/mol. The number of carbonyl (C=O) groups excluding carboxylic acids is 2.